The minimum Gasteiger partial charge on any atom is -0.462 e. The molecule has 2 aliphatic heterocycles. The normalized spacial score (nSPS) is 25.8. The number of piperazine rings is 1. The zero-order valence-corrected chi connectivity index (χ0v) is 24.7. The Balaban J connectivity index is 1.30. The van der Waals surface area contributed by atoms with Gasteiger partial charge in [-0.3, -0.25) is 4.79 Å². The lowest BCUT2D eigenvalue weighted by molar-refractivity contribution is -0.132. The zero-order valence-electron chi connectivity index (χ0n) is 24.7. The Morgan fingerprint density at radius 3 is 2.64 bits per heavy atom. The summed E-state index contributed by atoms with van der Waals surface area (Å²) >= 11 is 0. The third kappa shape index (κ3) is 5.63. The fourth-order valence-electron chi connectivity index (χ4n) is 7.52. The van der Waals surface area contributed by atoms with Crippen molar-refractivity contribution in [2.45, 2.75) is 63.5 Å². The molecule has 1 amide bonds. The second kappa shape index (κ2) is 11.9. The van der Waals surface area contributed by atoms with E-state index in [9.17, 15) is 13.6 Å². The summed E-state index contributed by atoms with van der Waals surface area (Å²) < 4.78 is 40.0. The Hall–Kier alpha value is -3.11. The molecule has 4 aliphatic rings. The fraction of sp³-hybridized carbons (Fsp3) is 0.594. The number of methoxy groups -OCH3 is 1. The molecule has 1 aromatic carbocycles. The predicted molar refractivity (Wildman–Crippen MR) is 156 cm³/mol. The van der Waals surface area contributed by atoms with Crippen LogP contribution in [0.1, 0.15) is 48.1 Å². The van der Waals surface area contributed by atoms with Crippen LogP contribution < -0.4 is 9.64 Å². The van der Waals surface area contributed by atoms with Crippen molar-refractivity contribution in [2.24, 2.45) is 5.41 Å². The van der Waals surface area contributed by atoms with Gasteiger partial charge in [0.05, 0.1) is 18.3 Å². The SMILES string of the molecule is C=C(F)C(=O)N1CCN(c2nc(OC[C@@H]3CCCN3C)nc3c2CC[C@@]2(CCc4c(F)cccc4C2)C3)C[C@@H]1COC. The summed E-state index contributed by atoms with van der Waals surface area (Å²) in [6.45, 7) is 6.38. The summed E-state index contributed by atoms with van der Waals surface area (Å²) in [6.07, 6.45) is 7.31. The maximum atomic E-state index is 14.5. The van der Waals surface area contributed by atoms with E-state index in [1.165, 1.54) is 4.90 Å². The molecule has 8 nitrogen and oxygen atoms in total. The van der Waals surface area contributed by atoms with Gasteiger partial charge in [0.1, 0.15) is 18.2 Å². The van der Waals surface area contributed by atoms with Gasteiger partial charge in [-0.2, -0.15) is 9.97 Å². The number of hydrogen-bond acceptors (Lipinski definition) is 7. The number of likely N-dealkylation sites (N-methyl/N-ethyl adjacent to an activating group) is 1. The van der Waals surface area contributed by atoms with Crippen molar-refractivity contribution in [1.29, 1.82) is 0 Å². The van der Waals surface area contributed by atoms with Crippen LogP contribution in [0, 0.1) is 11.2 Å². The lowest BCUT2D eigenvalue weighted by atomic mass is 9.63. The topological polar surface area (TPSA) is 71.0 Å². The number of benzene rings is 1. The van der Waals surface area contributed by atoms with Gasteiger partial charge in [-0.25, -0.2) is 8.78 Å². The molecular weight excluding hydrogens is 540 g/mol. The number of rotatable bonds is 7. The van der Waals surface area contributed by atoms with Crippen molar-refractivity contribution < 1.29 is 23.0 Å². The lowest BCUT2D eigenvalue weighted by Crippen LogP contribution is -2.57. The molecule has 6 rings (SSSR count). The summed E-state index contributed by atoms with van der Waals surface area (Å²) in [4.78, 5) is 28.5. The highest BCUT2D eigenvalue weighted by Gasteiger charge is 2.41. The van der Waals surface area contributed by atoms with E-state index in [1.807, 2.05) is 6.07 Å². The smallest absolute Gasteiger partial charge is 0.318 e. The maximum Gasteiger partial charge on any atom is 0.318 e. The van der Waals surface area contributed by atoms with Crippen LogP contribution in [0.25, 0.3) is 0 Å². The molecule has 0 N–H and O–H groups in total. The van der Waals surface area contributed by atoms with Gasteiger partial charge in [-0.05, 0) is 87.6 Å². The average molecular weight is 582 g/mol. The van der Waals surface area contributed by atoms with Crippen LogP contribution in [-0.2, 0) is 35.2 Å². The number of anilines is 1. The summed E-state index contributed by atoms with van der Waals surface area (Å²) in [6, 6.07) is 5.81. The van der Waals surface area contributed by atoms with Crippen molar-refractivity contribution in [3.8, 4) is 6.01 Å². The molecule has 226 valence electrons. The number of halogens is 2. The molecular formula is C32H41F2N5O3. The van der Waals surface area contributed by atoms with Crippen LogP contribution in [0.15, 0.2) is 30.6 Å². The highest BCUT2D eigenvalue weighted by molar-refractivity contribution is 5.91. The second-order valence-corrected chi connectivity index (χ2v) is 12.5. The molecule has 0 bridgehead atoms. The van der Waals surface area contributed by atoms with Crippen LogP contribution in [0.3, 0.4) is 0 Å². The molecule has 1 aromatic heterocycles. The van der Waals surface area contributed by atoms with Crippen molar-refractivity contribution in [3.63, 3.8) is 0 Å². The summed E-state index contributed by atoms with van der Waals surface area (Å²) in [7, 11) is 3.70. The van der Waals surface area contributed by atoms with E-state index in [4.69, 9.17) is 19.4 Å². The number of aromatic nitrogens is 2. The third-order valence-corrected chi connectivity index (χ3v) is 9.90. The molecule has 0 radical (unpaired) electrons. The molecule has 3 heterocycles. The summed E-state index contributed by atoms with van der Waals surface area (Å²) in [5, 5.41) is 0. The Morgan fingerprint density at radius 1 is 1.10 bits per heavy atom. The molecule has 0 unspecified atom stereocenters. The third-order valence-electron chi connectivity index (χ3n) is 9.90. The van der Waals surface area contributed by atoms with Crippen molar-refractivity contribution in [2.75, 3.05) is 58.5 Å². The Labute approximate surface area is 246 Å². The van der Waals surface area contributed by atoms with E-state index in [0.29, 0.717) is 38.3 Å². The van der Waals surface area contributed by atoms with Gasteiger partial charge in [-0.1, -0.05) is 18.7 Å². The first-order valence-corrected chi connectivity index (χ1v) is 15.2. The van der Waals surface area contributed by atoms with E-state index < -0.39 is 11.7 Å². The molecule has 2 aromatic rings. The fourth-order valence-corrected chi connectivity index (χ4v) is 7.52. The van der Waals surface area contributed by atoms with Crippen molar-refractivity contribution in [3.05, 3.63) is 58.8 Å². The molecule has 1 spiro atoms. The molecule has 3 atom stereocenters. The minimum absolute atomic E-state index is 0.0214. The standard InChI is InChI=1S/C32H41F2N5O3/c1-21(33)30(40)39-15-14-38(18-24(39)19-41-3)29-26-10-12-32(11-9-25-22(16-32)6-4-8-27(25)34)17-28(26)35-31(36-29)42-20-23-7-5-13-37(23)2/h4,6,8,23-24H,1,5,7,9-20H2,2-3H3/t23-,24+,32+/m0/s1. The van der Waals surface area contributed by atoms with Crippen molar-refractivity contribution in [1.82, 2.24) is 19.8 Å². The molecule has 0 saturated carbocycles. The quantitative estimate of drug-likeness (QED) is 0.460. The second-order valence-electron chi connectivity index (χ2n) is 12.5. The summed E-state index contributed by atoms with van der Waals surface area (Å²) in [5.74, 6) is -0.924. The van der Waals surface area contributed by atoms with Gasteiger partial charge >= 0.3 is 6.01 Å². The molecule has 42 heavy (non-hydrogen) atoms. The highest BCUT2D eigenvalue weighted by Crippen LogP contribution is 2.47. The number of ether oxygens (including phenoxy) is 2. The van der Waals surface area contributed by atoms with Gasteiger partial charge < -0.3 is 24.2 Å². The molecule has 2 aliphatic carbocycles. The molecule has 2 saturated heterocycles. The molecule has 10 heteroatoms. The monoisotopic (exact) mass is 581 g/mol. The van der Waals surface area contributed by atoms with Crippen LogP contribution in [0.5, 0.6) is 6.01 Å². The number of carbonyl (C=O) groups excluding carboxylic acids is 1. The Morgan fingerprint density at radius 2 is 1.90 bits per heavy atom. The Bertz CT molecular complexity index is 1360. The lowest BCUT2D eigenvalue weighted by Gasteiger charge is -2.44. The maximum absolute atomic E-state index is 14.5. The first-order valence-electron chi connectivity index (χ1n) is 15.2. The van der Waals surface area contributed by atoms with E-state index >= 15 is 0 Å². The Kier molecular flexibility index (Phi) is 8.20. The van der Waals surface area contributed by atoms with Gasteiger partial charge in [0.25, 0.3) is 5.91 Å². The van der Waals surface area contributed by atoms with Gasteiger partial charge in [-0.15, -0.1) is 0 Å². The van der Waals surface area contributed by atoms with Gasteiger partial charge in [0.15, 0.2) is 5.83 Å². The van der Waals surface area contributed by atoms with Crippen molar-refractivity contribution >= 4 is 11.7 Å². The highest BCUT2D eigenvalue weighted by atomic mass is 19.1. The average Bonchev–Trinajstić information content (AvgIpc) is 3.39. The number of fused-ring (bicyclic) bond motifs is 2. The van der Waals surface area contributed by atoms with E-state index in [0.717, 1.165) is 86.1 Å². The first-order chi connectivity index (χ1) is 20.3. The number of hydrogen-bond donors (Lipinski definition) is 0. The number of nitrogens with zero attached hydrogens (tertiary/aromatic N) is 5. The number of likely N-dealkylation sites (tertiary alicyclic amines) is 1. The van der Waals surface area contributed by atoms with E-state index in [2.05, 4.69) is 29.5 Å². The van der Waals surface area contributed by atoms with Crippen LogP contribution in [0.4, 0.5) is 14.6 Å². The van der Waals surface area contributed by atoms with E-state index in [1.54, 1.807) is 13.2 Å². The number of amides is 1. The minimum atomic E-state index is -0.962. The number of carbonyl (C=O) groups is 1. The largest absolute Gasteiger partial charge is 0.462 e. The van der Waals surface area contributed by atoms with Crippen LogP contribution in [-0.4, -0.2) is 91.3 Å². The van der Waals surface area contributed by atoms with E-state index in [-0.39, 0.29) is 23.9 Å². The molecule has 2 fully saturated rings. The van der Waals surface area contributed by atoms with Crippen LogP contribution in [0.2, 0.25) is 0 Å². The predicted octanol–water partition coefficient (Wildman–Crippen LogP) is 3.90. The summed E-state index contributed by atoms with van der Waals surface area (Å²) in [5.41, 5.74) is 4.10. The first kappa shape index (κ1) is 29.0. The van der Waals surface area contributed by atoms with Gasteiger partial charge in [0.2, 0.25) is 0 Å². The zero-order chi connectivity index (χ0) is 29.4. The van der Waals surface area contributed by atoms with Crippen LogP contribution >= 0.6 is 0 Å². The van der Waals surface area contributed by atoms with Gasteiger partial charge in [0, 0.05) is 38.3 Å².